The molecule has 1 atom stereocenters. The molecule has 7 heteroatoms. The normalized spacial score (nSPS) is 11.6. The minimum Gasteiger partial charge on any atom is -0.373 e. The van der Waals surface area contributed by atoms with Gasteiger partial charge in [0.1, 0.15) is 6.04 Å². The Bertz CT molecular complexity index is 482. The second-order valence-electron chi connectivity index (χ2n) is 3.84. The minimum atomic E-state index is -0.589. The molecule has 0 saturated carbocycles. The summed E-state index contributed by atoms with van der Waals surface area (Å²) in [6, 6.07) is 4.17. The number of hydrogen-bond acceptors (Lipinski definition) is 3. The standard InChI is InChI=1S/C12H15BrClN3O2/c1-3-15-12(19)17-11(18)7(2)16-10-6-8(13)4-5-9(10)14/h4-7,16H,3H2,1-2H3,(H2,15,17,18,19). The molecule has 0 radical (unpaired) electrons. The molecule has 5 nitrogen and oxygen atoms in total. The number of carbonyl (C=O) groups is 2. The van der Waals surface area contributed by atoms with Gasteiger partial charge >= 0.3 is 6.03 Å². The van der Waals surface area contributed by atoms with Crippen molar-refractivity contribution in [1.29, 1.82) is 0 Å². The highest BCUT2D eigenvalue weighted by molar-refractivity contribution is 9.10. The number of anilines is 1. The Morgan fingerprint density at radius 3 is 2.74 bits per heavy atom. The largest absolute Gasteiger partial charge is 0.373 e. The summed E-state index contributed by atoms with van der Waals surface area (Å²) in [6.07, 6.45) is 0. The fourth-order valence-corrected chi connectivity index (χ4v) is 1.86. The van der Waals surface area contributed by atoms with Crippen molar-refractivity contribution >= 4 is 45.2 Å². The van der Waals surface area contributed by atoms with Crippen molar-refractivity contribution in [2.75, 3.05) is 11.9 Å². The van der Waals surface area contributed by atoms with Crippen LogP contribution in [0.15, 0.2) is 22.7 Å². The number of halogens is 2. The first-order valence-corrected chi connectivity index (χ1v) is 6.91. The molecule has 3 N–H and O–H groups in total. The molecule has 0 spiro atoms. The summed E-state index contributed by atoms with van der Waals surface area (Å²) < 4.78 is 0.843. The Morgan fingerprint density at radius 1 is 1.42 bits per heavy atom. The topological polar surface area (TPSA) is 70.2 Å². The van der Waals surface area contributed by atoms with Crippen LogP contribution >= 0.6 is 27.5 Å². The molecular formula is C12H15BrClN3O2. The summed E-state index contributed by atoms with van der Waals surface area (Å²) in [4.78, 5) is 23.0. The maximum absolute atomic E-state index is 11.7. The molecule has 104 valence electrons. The van der Waals surface area contributed by atoms with Crippen molar-refractivity contribution in [2.24, 2.45) is 0 Å². The van der Waals surface area contributed by atoms with Gasteiger partial charge in [0.2, 0.25) is 5.91 Å². The van der Waals surface area contributed by atoms with Crippen LogP contribution in [0.1, 0.15) is 13.8 Å². The van der Waals surface area contributed by atoms with Crippen LogP contribution in [0, 0.1) is 0 Å². The number of carbonyl (C=O) groups excluding carboxylic acids is 2. The van der Waals surface area contributed by atoms with Crippen molar-refractivity contribution in [1.82, 2.24) is 10.6 Å². The first-order chi connectivity index (χ1) is 8.93. The van der Waals surface area contributed by atoms with Gasteiger partial charge in [-0.1, -0.05) is 27.5 Å². The molecule has 0 fully saturated rings. The van der Waals surface area contributed by atoms with Gasteiger partial charge in [-0.3, -0.25) is 10.1 Å². The van der Waals surface area contributed by atoms with Crippen LogP contribution in [0.5, 0.6) is 0 Å². The Labute approximate surface area is 125 Å². The molecule has 0 aliphatic carbocycles. The minimum absolute atomic E-state index is 0.429. The van der Waals surface area contributed by atoms with E-state index in [1.54, 1.807) is 32.0 Å². The molecular weight excluding hydrogens is 334 g/mol. The van der Waals surface area contributed by atoms with E-state index in [1.807, 2.05) is 0 Å². The average Bonchev–Trinajstić information content (AvgIpc) is 2.34. The fraction of sp³-hybridized carbons (Fsp3) is 0.333. The lowest BCUT2D eigenvalue weighted by atomic mass is 10.2. The van der Waals surface area contributed by atoms with Crippen LogP contribution in [-0.4, -0.2) is 24.5 Å². The van der Waals surface area contributed by atoms with E-state index in [2.05, 4.69) is 31.9 Å². The van der Waals surface area contributed by atoms with E-state index in [1.165, 1.54) is 0 Å². The molecule has 0 bridgehead atoms. The summed E-state index contributed by atoms with van der Waals surface area (Å²) in [5, 5.41) is 8.16. The Kier molecular flexibility index (Phi) is 6.11. The number of rotatable bonds is 4. The molecule has 1 rings (SSSR count). The fourth-order valence-electron chi connectivity index (χ4n) is 1.33. The predicted molar refractivity (Wildman–Crippen MR) is 79.5 cm³/mol. The zero-order valence-electron chi connectivity index (χ0n) is 10.6. The van der Waals surface area contributed by atoms with E-state index in [-0.39, 0.29) is 0 Å². The third-order valence-electron chi connectivity index (χ3n) is 2.27. The molecule has 0 aromatic heterocycles. The van der Waals surface area contributed by atoms with Crippen LogP contribution in [0.2, 0.25) is 5.02 Å². The summed E-state index contributed by atoms with van der Waals surface area (Å²) >= 11 is 9.33. The molecule has 0 heterocycles. The van der Waals surface area contributed by atoms with Crippen LogP contribution in [-0.2, 0) is 4.79 Å². The van der Waals surface area contributed by atoms with Crippen LogP contribution in [0.25, 0.3) is 0 Å². The van der Waals surface area contributed by atoms with Crippen LogP contribution in [0.3, 0.4) is 0 Å². The lowest BCUT2D eigenvalue weighted by molar-refractivity contribution is -0.120. The van der Waals surface area contributed by atoms with Crippen molar-refractivity contribution in [3.05, 3.63) is 27.7 Å². The van der Waals surface area contributed by atoms with Gasteiger partial charge in [-0.2, -0.15) is 0 Å². The molecule has 0 aliphatic rings. The number of amides is 3. The number of hydrogen-bond donors (Lipinski definition) is 3. The van der Waals surface area contributed by atoms with Gasteiger partial charge in [-0.25, -0.2) is 4.79 Å². The van der Waals surface area contributed by atoms with Gasteiger partial charge in [-0.05, 0) is 32.0 Å². The number of imide groups is 1. The zero-order chi connectivity index (χ0) is 14.4. The first-order valence-electron chi connectivity index (χ1n) is 5.74. The van der Waals surface area contributed by atoms with Gasteiger partial charge in [0, 0.05) is 11.0 Å². The molecule has 19 heavy (non-hydrogen) atoms. The maximum Gasteiger partial charge on any atom is 0.321 e. The van der Waals surface area contributed by atoms with E-state index >= 15 is 0 Å². The van der Waals surface area contributed by atoms with Gasteiger partial charge in [0.05, 0.1) is 10.7 Å². The highest BCUT2D eigenvalue weighted by Gasteiger charge is 2.16. The Balaban J connectivity index is 2.63. The Morgan fingerprint density at radius 2 is 2.11 bits per heavy atom. The second-order valence-corrected chi connectivity index (χ2v) is 5.16. The summed E-state index contributed by atoms with van der Waals surface area (Å²) in [6.45, 7) is 3.87. The van der Waals surface area contributed by atoms with Crippen molar-refractivity contribution in [3.63, 3.8) is 0 Å². The zero-order valence-corrected chi connectivity index (χ0v) is 12.9. The van der Waals surface area contributed by atoms with Crippen molar-refractivity contribution in [3.8, 4) is 0 Å². The highest BCUT2D eigenvalue weighted by Crippen LogP contribution is 2.26. The number of urea groups is 1. The van der Waals surface area contributed by atoms with E-state index in [0.717, 1.165) is 4.47 Å². The molecule has 3 amide bonds. The molecule has 0 saturated heterocycles. The molecule has 1 aromatic carbocycles. The number of benzene rings is 1. The quantitative estimate of drug-likeness (QED) is 0.783. The number of nitrogens with one attached hydrogen (secondary N) is 3. The predicted octanol–water partition coefficient (Wildman–Crippen LogP) is 2.75. The summed E-state index contributed by atoms with van der Waals surface area (Å²) in [7, 11) is 0. The maximum atomic E-state index is 11.7. The third-order valence-corrected chi connectivity index (χ3v) is 3.09. The summed E-state index contributed by atoms with van der Waals surface area (Å²) in [5.41, 5.74) is 0.620. The lowest BCUT2D eigenvalue weighted by Crippen LogP contribution is -2.45. The van der Waals surface area contributed by atoms with Crippen molar-refractivity contribution in [2.45, 2.75) is 19.9 Å². The molecule has 1 aromatic rings. The monoisotopic (exact) mass is 347 g/mol. The van der Waals surface area contributed by atoms with Gasteiger partial charge < -0.3 is 10.6 Å². The van der Waals surface area contributed by atoms with E-state index < -0.39 is 18.0 Å². The van der Waals surface area contributed by atoms with Crippen molar-refractivity contribution < 1.29 is 9.59 Å². The highest BCUT2D eigenvalue weighted by atomic mass is 79.9. The van der Waals surface area contributed by atoms with E-state index in [4.69, 9.17) is 11.6 Å². The summed E-state index contributed by atoms with van der Waals surface area (Å²) in [5.74, 6) is -0.429. The lowest BCUT2D eigenvalue weighted by Gasteiger charge is -2.16. The van der Waals surface area contributed by atoms with E-state index in [0.29, 0.717) is 17.3 Å². The average molecular weight is 349 g/mol. The van der Waals surface area contributed by atoms with Gasteiger partial charge in [-0.15, -0.1) is 0 Å². The van der Waals surface area contributed by atoms with Gasteiger partial charge in [0.15, 0.2) is 0 Å². The smallest absolute Gasteiger partial charge is 0.321 e. The van der Waals surface area contributed by atoms with E-state index in [9.17, 15) is 9.59 Å². The van der Waals surface area contributed by atoms with Crippen LogP contribution < -0.4 is 16.0 Å². The Hall–Kier alpha value is -1.27. The van der Waals surface area contributed by atoms with Crippen LogP contribution in [0.4, 0.5) is 10.5 Å². The second kappa shape index (κ2) is 7.35. The van der Waals surface area contributed by atoms with Gasteiger partial charge in [0.25, 0.3) is 0 Å². The third kappa shape index (κ3) is 5.08. The SMILES string of the molecule is CCNC(=O)NC(=O)C(C)Nc1cc(Br)ccc1Cl. The molecule has 1 unspecified atom stereocenters. The molecule has 0 aliphatic heterocycles. The first kappa shape index (κ1) is 15.8.